The van der Waals surface area contributed by atoms with Crippen molar-refractivity contribution in [3.8, 4) is 0 Å². The fourth-order valence-corrected chi connectivity index (χ4v) is 2.78. The molecule has 1 aliphatic rings. The molecule has 2 rings (SSSR count). The second-order valence-corrected chi connectivity index (χ2v) is 5.55. The van der Waals surface area contributed by atoms with Crippen molar-refractivity contribution in [2.45, 2.75) is 18.9 Å². The van der Waals surface area contributed by atoms with Gasteiger partial charge in [-0.25, -0.2) is 0 Å². The van der Waals surface area contributed by atoms with Crippen molar-refractivity contribution in [2.75, 3.05) is 18.4 Å². The fourth-order valence-electron chi connectivity index (χ4n) is 2.78. The van der Waals surface area contributed by atoms with Crippen LogP contribution in [-0.2, 0) is 0 Å². The van der Waals surface area contributed by atoms with Crippen molar-refractivity contribution in [1.82, 2.24) is 5.32 Å². The monoisotopic (exact) mass is 311 g/mol. The molecule has 1 aromatic rings. The number of allylic oxidation sites excluding steroid dienone is 2. The van der Waals surface area contributed by atoms with Crippen molar-refractivity contribution in [3.63, 3.8) is 0 Å². The average molecular weight is 311 g/mol. The molecule has 5 nitrogen and oxygen atoms in total. The highest BCUT2D eigenvalue weighted by molar-refractivity contribution is 5.82. The van der Waals surface area contributed by atoms with E-state index in [0.29, 0.717) is 11.7 Å². The minimum Gasteiger partial charge on any atom is -0.404 e. The van der Waals surface area contributed by atoms with Crippen LogP contribution in [-0.4, -0.2) is 25.3 Å². The van der Waals surface area contributed by atoms with Crippen molar-refractivity contribution in [2.24, 2.45) is 11.5 Å². The minimum absolute atomic E-state index is 0.412. The van der Waals surface area contributed by atoms with E-state index < -0.39 is 0 Å². The van der Waals surface area contributed by atoms with E-state index in [1.807, 2.05) is 18.2 Å². The summed E-state index contributed by atoms with van der Waals surface area (Å²) >= 11 is 0. The van der Waals surface area contributed by atoms with E-state index in [2.05, 4.69) is 17.2 Å². The van der Waals surface area contributed by atoms with Gasteiger partial charge in [0.15, 0.2) is 0 Å². The molecule has 0 radical (unpaired) electrons. The maximum absolute atomic E-state index is 7.20. The molecule has 0 atom stereocenters. The van der Waals surface area contributed by atoms with E-state index in [0.717, 1.165) is 47.6 Å². The van der Waals surface area contributed by atoms with Crippen LogP contribution in [0.5, 0.6) is 0 Å². The smallest absolute Gasteiger partial charge is 0.0443 e. The Morgan fingerprint density at radius 1 is 1.35 bits per heavy atom. The first-order chi connectivity index (χ1) is 11.2. The Balaban J connectivity index is 2.53. The van der Waals surface area contributed by atoms with Gasteiger partial charge < -0.3 is 27.5 Å². The molecule has 5 heteroatoms. The van der Waals surface area contributed by atoms with Gasteiger partial charge in [-0.15, -0.1) is 0 Å². The summed E-state index contributed by atoms with van der Waals surface area (Å²) in [7, 11) is 0. The van der Waals surface area contributed by atoms with Gasteiger partial charge in [0.2, 0.25) is 0 Å². The third-order valence-corrected chi connectivity index (χ3v) is 3.97. The third kappa shape index (κ3) is 4.23. The van der Waals surface area contributed by atoms with E-state index in [-0.39, 0.29) is 0 Å². The van der Waals surface area contributed by atoms with Crippen LogP contribution in [0.15, 0.2) is 30.9 Å². The second kappa shape index (κ2) is 8.19. The first-order valence-electron chi connectivity index (χ1n) is 7.82. The normalized spacial score (nSPS) is 18.0. The lowest BCUT2D eigenvalue weighted by atomic mass is 10.0. The van der Waals surface area contributed by atoms with Crippen LogP contribution in [0.2, 0.25) is 0 Å². The molecule has 1 aromatic carbocycles. The van der Waals surface area contributed by atoms with E-state index in [9.17, 15) is 0 Å². The van der Waals surface area contributed by atoms with Crippen molar-refractivity contribution in [3.05, 3.63) is 46.9 Å². The zero-order chi connectivity index (χ0) is 16.7. The Labute approximate surface area is 137 Å². The predicted molar refractivity (Wildman–Crippen MR) is 99.5 cm³/mol. The van der Waals surface area contributed by atoms with Crippen molar-refractivity contribution < 1.29 is 0 Å². The maximum Gasteiger partial charge on any atom is 0.0443 e. The van der Waals surface area contributed by atoms with E-state index in [1.165, 1.54) is 6.21 Å². The Kier molecular flexibility index (Phi) is 6.00. The number of benzene rings is 1. The highest BCUT2D eigenvalue weighted by Crippen LogP contribution is 2.13. The van der Waals surface area contributed by atoms with Crippen LogP contribution in [0, 0.1) is 5.41 Å². The van der Waals surface area contributed by atoms with Crippen LogP contribution in [0.25, 0.3) is 18.0 Å². The summed E-state index contributed by atoms with van der Waals surface area (Å²) in [6, 6.07) is 4.37. The number of anilines is 1. The SMILES string of the molecule is C=C/C=c1/cc(C(N)=CC=N)cc(NC2CCNCC2)/c1=C/N. The molecule has 1 saturated heterocycles. The molecule has 0 saturated carbocycles. The van der Waals surface area contributed by atoms with E-state index >= 15 is 0 Å². The summed E-state index contributed by atoms with van der Waals surface area (Å²) in [5.74, 6) is 0. The summed E-state index contributed by atoms with van der Waals surface area (Å²) in [5, 5.41) is 16.0. The van der Waals surface area contributed by atoms with Crippen LogP contribution >= 0.6 is 0 Å². The van der Waals surface area contributed by atoms with Crippen LogP contribution < -0.4 is 32.5 Å². The van der Waals surface area contributed by atoms with Gasteiger partial charge in [-0.2, -0.15) is 0 Å². The van der Waals surface area contributed by atoms with Crippen LogP contribution in [0.3, 0.4) is 0 Å². The van der Waals surface area contributed by atoms with Crippen LogP contribution in [0.4, 0.5) is 5.69 Å². The molecule has 0 bridgehead atoms. The molecule has 1 heterocycles. The second-order valence-electron chi connectivity index (χ2n) is 5.55. The molecule has 122 valence electrons. The lowest BCUT2D eigenvalue weighted by Crippen LogP contribution is -2.38. The van der Waals surface area contributed by atoms with E-state index in [1.54, 1.807) is 18.4 Å². The zero-order valence-corrected chi connectivity index (χ0v) is 13.3. The summed E-state index contributed by atoms with van der Waals surface area (Å²) in [6.07, 6.45) is 10.2. The molecular formula is C18H25N5. The Hall–Kier alpha value is -2.53. The summed E-state index contributed by atoms with van der Waals surface area (Å²) in [5.41, 5.74) is 14.3. The zero-order valence-electron chi connectivity index (χ0n) is 13.3. The quantitative estimate of drug-likeness (QED) is 0.510. The highest BCUT2D eigenvalue weighted by Gasteiger charge is 2.13. The van der Waals surface area contributed by atoms with Gasteiger partial charge in [-0.05, 0) is 49.4 Å². The third-order valence-electron chi connectivity index (χ3n) is 3.97. The lowest BCUT2D eigenvalue weighted by Gasteiger charge is -2.25. The summed E-state index contributed by atoms with van der Waals surface area (Å²) in [4.78, 5) is 0. The molecule has 7 N–H and O–H groups in total. The average Bonchev–Trinajstić information content (AvgIpc) is 2.56. The molecule has 1 aliphatic heterocycles. The molecule has 0 spiro atoms. The molecule has 0 aromatic heterocycles. The first kappa shape index (κ1) is 16.8. The molecule has 0 aliphatic carbocycles. The van der Waals surface area contributed by atoms with Gasteiger partial charge in [-0.3, -0.25) is 0 Å². The summed E-state index contributed by atoms with van der Waals surface area (Å²) < 4.78 is 0. The number of rotatable bonds is 5. The van der Waals surface area contributed by atoms with Crippen molar-refractivity contribution in [1.29, 1.82) is 5.41 Å². The Morgan fingerprint density at radius 3 is 2.70 bits per heavy atom. The Bertz CT molecular complexity index is 712. The van der Waals surface area contributed by atoms with E-state index in [4.69, 9.17) is 16.9 Å². The minimum atomic E-state index is 0.412. The largest absolute Gasteiger partial charge is 0.404 e. The molecule has 0 amide bonds. The lowest BCUT2D eigenvalue weighted by molar-refractivity contribution is 0.479. The van der Waals surface area contributed by atoms with Crippen molar-refractivity contribution >= 4 is 29.9 Å². The van der Waals surface area contributed by atoms with Gasteiger partial charge in [0.05, 0.1) is 0 Å². The van der Waals surface area contributed by atoms with Gasteiger partial charge >= 0.3 is 0 Å². The predicted octanol–water partition coefficient (Wildman–Crippen LogP) is 0.463. The molecular weight excluding hydrogens is 286 g/mol. The molecule has 23 heavy (non-hydrogen) atoms. The standard InChI is InChI=1S/C18H25N5/c1-2-3-13-10-14(17(21)4-7-19)11-18(16(13)12-20)23-15-5-8-22-9-6-15/h2-4,7,10-12,15,19,22-23H,1,5-6,8-9,20-21H2/b13-3-,16-12+,17-4?,19-7?. The van der Waals surface area contributed by atoms with Gasteiger partial charge in [0.1, 0.15) is 0 Å². The number of hydrogen-bond donors (Lipinski definition) is 5. The van der Waals surface area contributed by atoms with Gasteiger partial charge in [0, 0.05) is 40.6 Å². The number of nitrogens with one attached hydrogen (secondary N) is 3. The number of nitrogens with two attached hydrogens (primary N) is 2. The topological polar surface area (TPSA) is 100.0 Å². The first-order valence-corrected chi connectivity index (χ1v) is 7.82. The maximum atomic E-state index is 7.20. The van der Waals surface area contributed by atoms with Gasteiger partial charge in [-0.1, -0.05) is 18.7 Å². The molecule has 1 fully saturated rings. The number of piperidine rings is 1. The fraction of sp³-hybridized carbons (Fsp3) is 0.278. The highest BCUT2D eigenvalue weighted by atomic mass is 15.0. The summed E-state index contributed by atoms with van der Waals surface area (Å²) in [6.45, 7) is 5.80. The number of hydrogen-bond acceptors (Lipinski definition) is 5. The van der Waals surface area contributed by atoms with Gasteiger partial charge in [0.25, 0.3) is 0 Å². The molecule has 0 unspecified atom stereocenters. The Morgan fingerprint density at radius 2 is 2.09 bits per heavy atom. The van der Waals surface area contributed by atoms with Crippen LogP contribution in [0.1, 0.15) is 18.4 Å².